The Labute approximate surface area is 250 Å². The van der Waals surface area contributed by atoms with E-state index in [0.29, 0.717) is 5.56 Å². The Hall–Kier alpha value is -4.71. The molecule has 3 amide bonds. The number of amides is 3. The topological polar surface area (TPSA) is 161 Å². The molecule has 0 aliphatic rings. The second-order valence-corrected chi connectivity index (χ2v) is 11.6. The number of aryl methyl sites for hydroxylation is 1. The van der Waals surface area contributed by atoms with Crippen molar-refractivity contribution in [2.24, 2.45) is 0 Å². The van der Waals surface area contributed by atoms with Crippen molar-refractivity contribution in [1.29, 1.82) is 0 Å². The predicted molar refractivity (Wildman–Crippen MR) is 159 cm³/mol. The molecule has 2 atom stereocenters. The summed E-state index contributed by atoms with van der Waals surface area (Å²) in [4.78, 5) is 55.3. The molecule has 0 bridgehead atoms. The summed E-state index contributed by atoms with van der Waals surface area (Å²) >= 11 is 0. The van der Waals surface area contributed by atoms with Gasteiger partial charge in [-0.2, -0.15) is 0 Å². The number of carboxylic acid groups (broad SMARTS) is 1. The summed E-state index contributed by atoms with van der Waals surface area (Å²) in [5.74, 6) is -2.32. The van der Waals surface area contributed by atoms with E-state index in [0.717, 1.165) is 11.1 Å². The lowest BCUT2D eigenvalue weighted by atomic mass is 10.0. The SMILES string of the molecule is Cc1ccccc1C(C(=O)O)n1cnc(NC(=O)C(COCc2ccccc2)NC(=O)C(C)(C)NC(=O)OC(C)(C)C)c1. The molecule has 3 aromatic rings. The quantitative estimate of drug-likeness (QED) is 0.247. The van der Waals surface area contributed by atoms with Crippen molar-refractivity contribution >= 4 is 29.7 Å². The number of nitrogens with zero attached hydrogens (tertiary/aromatic N) is 2. The van der Waals surface area contributed by atoms with Gasteiger partial charge in [0.15, 0.2) is 11.9 Å². The van der Waals surface area contributed by atoms with Crippen LogP contribution in [0.1, 0.15) is 57.4 Å². The minimum atomic E-state index is -1.44. The summed E-state index contributed by atoms with van der Waals surface area (Å²) in [5, 5.41) is 17.7. The van der Waals surface area contributed by atoms with E-state index in [1.807, 2.05) is 49.4 Å². The minimum Gasteiger partial charge on any atom is -0.479 e. The number of nitrogens with one attached hydrogen (secondary N) is 3. The van der Waals surface area contributed by atoms with Crippen LogP contribution in [0.2, 0.25) is 0 Å². The Balaban J connectivity index is 1.76. The molecule has 0 aliphatic carbocycles. The molecule has 0 saturated heterocycles. The van der Waals surface area contributed by atoms with Crippen LogP contribution < -0.4 is 16.0 Å². The van der Waals surface area contributed by atoms with E-state index in [9.17, 15) is 24.3 Å². The van der Waals surface area contributed by atoms with Gasteiger partial charge in [-0.1, -0.05) is 54.6 Å². The van der Waals surface area contributed by atoms with E-state index in [1.54, 1.807) is 32.9 Å². The van der Waals surface area contributed by atoms with Gasteiger partial charge in [0.25, 0.3) is 5.91 Å². The molecule has 12 nitrogen and oxygen atoms in total. The standard InChI is InChI=1S/C31H39N5O7/c1-20-12-10-11-15-22(20)25(27(38)39)36-16-24(32-19-36)34-26(37)23(18-42-17-21-13-8-7-9-14-21)33-28(40)31(5,6)35-29(41)43-30(2,3)4/h7-16,19,23,25H,17-18H2,1-6H3,(H,33,40)(H,34,37)(H,35,41)(H,38,39). The number of hydrogen-bond acceptors (Lipinski definition) is 7. The van der Waals surface area contributed by atoms with Crippen LogP contribution in [-0.2, 0) is 30.5 Å². The van der Waals surface area contributed by atoms with Crippen molar-refractivity contribution in [3.8, 4) is 0 Å². The summed E-state index contributed by atoms with van der Waals surface area (Å²) in [5.41, 5.74) is 0.0191. The first-order valence-electron chi connectivity index (χ1n) is 13.7. The number of hydrogen-bond donors (Lipinski definition) is 4. The number of aliphatic carboxylic acids is 1. The average Bonchev–Trinajstić information content (AvgIpc) is 3.35. The second kappa shape index (κ2) is 14.0. The third-order valence-corrected chi connectivity index (χ3v) is 6.27. The van der Waals surface area contributed by atoms with Crippen LogP contribution in [0.3, 0.4) is 0 Å². The highest BCUT2D eigenvalue weighted by Crippen LogP contribution is 2.23. The predicted octanol–water partition coefficient (Wildman–Crippen LogP) is 3.81. The normalized spacial score (nSPS) is 13.0. The van der Waals surface area contributed by atoms with Crippen LogP contribution in [0.15, 0.2) is 67.1 Å². The maximum Gasteiger partial charge on any atom is 0.408 e. The molecule has 1 heterocycles. The molecule has 0 saturated carbocycles. The third kappa shape index (κ3) is 9.67. The van der Waals surface area contributed by atoms with Crippen LogP contribution in [0.4, 0.5) is 10.6 Å². The average molecular weight is 594 g/mol. The summed E-state index contributed by atoms with van der Waals surface area (Å²) in [6.45, 7) is 9.85. The number of rotatable bonds is 12. The van der Waals surface area contributed by atoms with Crippen LogP contribution in [-0.4, -0.2) is 62.3 Å². The van der Waals surface area contributed by atoms with E-state index >= 15 is 0 Å². The second-order valence-electron chi connectivity index (χ2n) is 11.6. The fourth-order valence-corrected chi connectivity index (χ4v) is 4.08. The summed E-state index contributed by atoms with van der Waals surface area (Å²) in [7, 11) is 0. The van der Waals surface area contributed by atoms with Gasteiger partial charge >= 0.3 is 12.1 Å². The first-order valence-corrected chi connectivity index (χ1v) is 13.7. The molecule has 230 valence electrons. The third-order valence-electron chi connectivity index (χ3n) is 6.27. The Morgan fingerprint density at radius 1 is 0.977 bits per heavy atom. The summed E-state index contributed by atoms with van der Waals surface area (Å²) in [6, 6.07) is 14.1. The molecule has 2 unspecified atom stereocenters. The van der Waals surface area contributed by atoms with Gasteiger partial charge in [0.1, 0.15) is 17.2 Å². The number of ether oxygens (including phenoxy) is 2. The Bertz CT molecular complexity index is 1430. The van der Waals surface area contributed by atoms with E-state index in [4.69, 9.17) is 9.47 Å². The molecule has 43 heavy (non-hydrogen) atoms. The van der Waals surface area contributed by atoms with Crippen molar-refractivity contribution in [3.05, 3.63) is 83.8 Å². The summed E-state index contributed by atoms with van der Waals surface area (Å²) in [6.07, 6.45) is 1.93. The lowest BCUT2D eigenvalue weighted by Crippen LogP contribution is -2.59. The van der Waals surface area contributed by atoms with Gasteiger partial charge in [-0.25, -0.2) is 14.6 Å². The van der Waals surface area contributed by atoms with Crippen molar-refractivity contribution < 1.29 is 33.8 Å². The number of alkyl carbamates (subject to hydrolysis) is 1. The molecule has 2 aromatic carbocycles. The van der Waals surface area contributed by atoms with E-state index in [-0.39, 0.29) is 19.0 Å². The van der Waals surface area contributed by atoms with E-state index in [1.165, 1.54) is 30.9 Å². The van der Waals surface area contributed by atoms with Gasteiger partial charge in [-0.05, 0) is 58.2 Å². The molecule has 0 spiro atoms. The van der Waals surface area contributed by atoms with Gasteiger partial charge in [0, 0.05) is 6.20 Å². The van der Waals surface area contributed by atoms with E-state index in [2.05, 4.69) is 20.9 Å². The Kier molecular flexibility index (Phi) is 10.7. The molecule has 4 N–H and O–H groups in total. The first-order chi connectivity index (χ1) is 20.2. The number of carbonyl (C=O) groups excluding carboxylic acids is 3. The number of benzene rings is 2. The molecule has 12 heteroatoms. The highest BCUT2D eigenvalue weighted by atomic mass is 16.6. The van der Waals surface area contributed by atoms with E-state index < -0.39 is 47.1 Å². The number of imidazole rings is 1. The zero-order valence-corrected chi connectivity index (χ0v) is 25.2. The Morgan fingerprint density at radius 3 is 2.26 bits per heavy atom. The van der Waals surface area contributed by atoms with Crippen LogP contribution >= 0.6 is 0 Å². The summed E-state index contributed by atoms with van der Waals surface area (Å²) < 4.78 is 12.4. The van der Waals surface area contributed by atoms with Crippen molar-refractivity contribution in [2.75, 3.05) is 11.9 Å². The van der Waals surface area contributed by atoms with Gasteiger partial charge < -0.3 is 35.1 Å². The molecule has 0 fully saturated rings. The van der Waals surface area contributed by atoms with Gasteiger partial charge in [-0.15, -0.1) is 0 Å². The molecule has 1 aromatic heterocycles. The first kappa shape index (κ1) is 32.8. The monoisotopic (exact) mass is 593 g/mol. The van der Waals surface area contributed by atoms with Crippen LogP contribution in [0.25, 0.3) is 0 Å². The molecular weight excluding hydrogens is 554 g/mol. The van der Waals surface area contributed by atoms with Gasteiger partial charge in [-0.3, -0.25) is 9.59 Å². The van der Waals surface area contributed by atoms with Gasteiger partial charge in [0.05, 0.1) is 19.5 Å². The minimum absolute atomic E-state index is 0.0817. The maximum absolute atomic E-state index is 13.4. The number of aromatic nitrogens is 2. The molecular formula is C31H39N5O7. The Morgan fingerprint density at radius 2 is 1.63 bits per heavy atom. The van der Waals surface area contributed by atoms with Crippen LogP contribution in [0, 0.1) is 6.92 Å². The zero-order valence-electron chi connectivity index (χ0n) is 25.2. The largest absolute Gasteiger partial charge is 0.479 e. The molecule has 0 radical (unpaired) electrons. The highest BCUT2D eigenvalue weighted by Gasteiger charge is 2.35. The molecule has 3 rings (SSSR count). The number of carbonyl (C=O) groups is 4. The highest BCUT2D eigenvalue weighted by molar-refractivity contribution is 5.98. The number of anilines is 1. The van der Waals surface area contributed by atoms with Crippen LogP contribution in [0.5, 0.6) is 0 Å². The fourth-order valence-electron chi connectivity index (χ4n) is 4.08. The van der Waals surface area contributed by atoms with Crippen molar-refractivity contribution in [3.63, 3.8) is 0 Å². The molecule has 0 aliphatic heterocycles. The van der Waals surface area contributed by atoms with Crippen molar-refractivity contribution in [2.45, 2.75) is 71.4 Å². The lowest BCUT2D eigenvalue weighted by Gasteiger charge is -2.29. The number of carboxylic acids is 1. The lowest BCUT2D eigenvalue weighted by molar-refractivity contribution is -0.139. The zero-order chi connectivity index (χ0) is 31.8. The smallest absolute Gasteiger partial charge is 0.408 e. The van der Waals surface area contributed by atoms with Gasteiger partial charge in [0.2, 0.25) is 5.91 Å². The van der Waals surface area contributed by atoms with Crippen molar-refractivity contribution in [1.82, 2.24) is 20.2 Å². The maximum atomic E-state index is 13.4. The fraction of sp³-hybridized carbons (Fsp3) is 0.387.